The molecule has 2 rings (SSSR count). The first-order valence-corrected chi connectivity index (χ1v) is 7.32. The molecule has 0 fully saturated rings. The number of benzene rings is 1. The number of pyridine rings is 1. The molecule has 1 amide bonds. The van der Waals surface area contributed by atoms with Crippen molar-refractivity contribution in [3.63, 3.8) is 0 Å². The highest BCUT2D eigenvalue weighted by Crippen LogP contribution is 2.32. The first-order chi connectivity index (χ1) is 8.99. The zero-order valence-corrected chi connectivity index (χ0v) is 13.8. The van der Waals surface area contributed by atoms with E-state index in [1.54, 1.807) is 6.07 Å². The number of nitrogens with one attached hydrogen (secondary N) is 1. The van der Waals surface area contributed by atoms with Gasteiger partial charge in [0.1, 0.15) is 0 Å². The van der Waals surface area contributed by atoms with Crippen molar-refractivity contribution in [3.8, 4) is 0 Å². The molecule has 2 aromatic rings. The molecular formula is C13H9Br2ClN2O. The molecule has 6 heteroatoms. The number of hydrogen-bond donors (Lipinski definition) is 1. The van der Waals surface area contributed by atoms with Crippen LogP contribution in [0.4, 0.5) is 5.69 Å². The van der Waals surface area contributed by atoms with Gasteiger partial charge in [-0.1, -0.05) is 11.6 Å². The Labute approximate surface area is 132 Å². The summed E-state index contributed by atoms with van der Waals surface area (Å²) in [6.45, 7) is 1.97. The van der Waals surface area contributed by atoms with E-state index in [4.69, 9.17) is 11.6 Å². The third-order valence-electron chi connectivity index (χ3n) is 2.44. The Morgan fingerprint density at radius 2 is 1.95 bits per heavy atom. The van der Waals surface area contributed by atoms with Gasteiger partial charge in [0, 0.05) is 21.3 Å². The minimum absolute atomic E-state index is 0.280. The van der Waals surface area contributed by atoms with Gasteiger partial charge in [-0.15, -0.1) is 0 Å². The summed E-state index contributed by atoms with van der Waals surface area (Å²) in [4.78, 5) is 16.0. The van der Waals surface area contributed by atoms with E-state index in [0.29, 0.717) is 16.3 Å². The number of nitrogens with zero attached hydrogens (tertiary/aromatic N) is 1. The maximum absolute atomic E-state index is 12.2. The van der Waals surface area contributed by atoms with Crippen molar-refractivity contribution in [1.82, 2.24) is 4.98 Å². The van der Waals surface area contributed by atoms with Crippen molar-refractivity contribution in [2.24, 2.45) is 0 Å². The fourth-order valence-electron chi connectivity index (χ4n) is 1.56. The molecule has 19 heavy (non-hydrogen) atoms. The van der Waals surface area contributed by atoms with Crippen molar-refractivity contribution in [2.45, 2.75) is 6.92 Å². The van der Waals surface area contributed by atoms with Gasteiger partial charge >= 0.3 is 0 Å². The van der Waals surface area contributed by atoms with E-state index in [1.165, 1.54) is 12.4 Å². The molecule has 0 aliphatic carbocycles. The van der Waals surface area contributed by atoms with Crippen LogP contribution in [0, 0.1) is 6.92 Å². The van der Waals surface area contributed by atoms with Crippen LogP contribution >= 0.6 is 43.5 Å². The van der Waals surface area contributed by atoms with E-state index in [0.717, 1.165) is 14.5 Å². The fourth-order valence-corrected chi connectivity index (χ4v) is 3.38. The molecule has 0 saturated heterocycles. The molecule has 0 radical (unpaired) electrons. The fraction of sp³-hybridized carbons (Fsp3) is 0.0769. The molecular weight excluding hydrogens is 395 g/mol. The van der Waals surface area contributed by atoms with E-state index in [9.17, 15) is 4.79 Å². The first-order valence-electron chi connectivity index (χ1n) is 5.35. The van der Waals surface area contributed by atoms with E-state index in [2.05, 4.69) is 42.2 Å². The van der Waals surface area contributed by atoms with Gasteiger partial charge in [0.15, 0.2) is 0 Å². The van der Waals surface area contributed by atoms with Gasteiger partial charge in [0.05, 0.1) is 16.3 Å². The molecule has 1 aromatic carbocycles. The quantitative estimate of drug-likeness (QED) is 0.780. The van der Waals surface area contributed by atoms with Gasteiger partial charge in [0.25, 0.3) is 5.91 Å². The minimum Gasteiger partial charge on any atom is -0.320 e. The largest absolute Gasteiger partial charge is 0.320 e. The standard InChI is InChI=1S/C13H9Br2ClN2O/c1-7-4-9(14)12(10(15)5-7)18-13(19)8-2-3-17-6-11(8)16/h2-6H,1H3,(H,18,19). The monoisotopic (exact) mass is 402 g/mol. The number of halogens is 3. The number of aryl methyl sites for hydroxylation is 1. The third-order valence-corrected chi connectivity index (χ3v) is 3.99. The molecule has 0 bridgehead atoms. The summed E-state index contributed by atoms with van der Waals surface area (Å²) in [5.74, 6) is -0.280. The smallest absolute Gasteiger partial charge is 0.257 e. The van der Waals surface area contributed by atoms with Crippen LogP contribution in [0.3, 0.4) is 0 Å². The number of carbonyl (C=O) groups excluding carboxylic acids is 1. The predicted octanol–water partition coefficient (Wildman–Crippen LogP) is 4.82. The topological polar surface area (TPSA) is 42.0 Å². The van der Waals surface area contributed by atoms with Crippen LogP contribution in [0.5, 0.6) is 0 Å². The molecule has 0 aliphatic rings. The van der Waals surface area contributed by atoms with Gasteiger partial charge in [-0.25, -0.2) is 0 Å². The lowest BCUT2D eigenvalue weighted by molar-refractivity contribution is 0.102. The SMILES string of the molecule is Cc1cc(Br)c(NC(=O)c2ccncc2Cl)c(Br)c1. The van der Waals surface area contributed by atoms with Crippen LogP contribution < -0.4 is 5.32 Å². The number of rotatable bonds is 2. The van der Waals surface area contributed by atoms with Crippen LogP contribution in [0.15, 0.2) is 39.5 Å². The lowest BCUT2D eigenvalue weighted by Crippen LogP contribution is -2.13. The number of hydrogen-bond acceptors (Lipinski definition) is 2. The second-order valence-corrected chi connectivity index (χ2v) is 6.03. The van der Waals surface area contributed by atoms with Crippen molar-refractivity contribution < 1.29 is 4.79 Å². The Balaban J connectivity index is 2.32. The van der Waals surface area contributed by atoms with E-state index < -0.39 is 0 Å². The summed E-state index contributed by atoms with van der Waals surface area (Å²) in [6.07, 6.45) is 2.97. The van der Waals surface area contributed by atoms with Crippen LogP contribution in [0.2, 0.25) is 5.02 Å². The second kappa shape index (κ2) is 6.03. The summed E-state index contributed by atoms with van der Waals surface area (Å²) in [5.41, 5.74) is 2.14. The Morgan fingerprint density at radius 3 is 2.53 bits per heavy atom. The van der Waals surface area contributed by atoms with Crippen LogP contribution in [-0.4, -0.2) is 10.9 Å². The molecule has 0 spiro atoms. The van der Waals surface area contributed by atoms with Crippen molar-refractivity contribution in [3.05, 3.63) is 55.7 Å². The van der Waals surface area contributed by atoms with Crippen molar-refractivity contribution in [2.75, 3.05) is 5.32 Å². The molecule has 0 atom stereocenters. The van der Waals surface area contributed by atoms with Crippen molar-refractivity contribution in [1.29, 1.82) is 0 Å². The van der Waals surface area contributed by atoms with Crippen LogP contribution in [-0.2, 0) is 0 Å². The lowest BCUT2D eigenvalue weighted by Gasteiger charge is -2.11. The maximum atomic E-state index is 12.2. The van der Waals surface area contributed by atoms with Gasteiger partial charge in [-0.05, 0) is 62.5 Å². The van der Waals surface area contributed by atoms with Gasteiger partial charge < -0.3 is 5.32 Å². The molecule has 0 saturated carbocycles. The van der Waals surface area contributed by atoms with E-state index in [1.807, 2.05) is 19.1 Å². The lowest BCUT2D eigenvalue weighted by atomic mass is 10.2. The summed E-state index contributed by atoms with van der Waals surface area (Å²) < 4.78 is 1.61. The van der Waals surface area contributed by atoms with Gasteiger partial charge in [-0.2, -0.15) is 0 Å². The summed E-state index contributed by atoms with van der Waals surface area (Å²) in [7, 11) is 0. The number of anilines is 1. The zero-order valence-electron chi connectivity index (χ0n) is 9.88. The second-order valence-electron chi connectivity index (χ2n) is 3.91. The van der Waals surface area contributed by atoms with Gasteiger partial charge in [0.2, 0.25) is 0 Å². The van der Waals surface area contributed by atoms with Gasteiger partial charge in [-0.3, -0.25) is 9.78 Å². The average molecular weight is 404 g/mol. The van der Waals surface area contributed by atoms with Crippen LogP contribution in [0.25, 0.3) is 0 Å². The van der Waals surface area contributed by atoms with E-state index >= 15 is 0 Å². The molecule has 0 aliphatic heterocycles. The highest BCUT2D eigenvalue weighted by atomic mass is 79.9. The number of aromatic nitrogens is 1. The Hall–Kier alpha value is -0.910. The predicted molar refractivity (Wildman–Crippen MR) is 83.8 cm³/mol. The first kappa shape index (κ1) is 14.5. The Morgan fingerprint density at radius 1 is 1.32 bits per heavy atom. The average Bonchev–Trinajstić information content (AvgIpc) is 2.34. The minimum atomic E-state index is -0.280. The van der Waals surface area contributed by atoms with Crippen LogP contribution in [0.1, 0.15) is 15.9 Å². The highest BCUT2D eigenvalue weighted by molar-refractivity contribution is 9.11. The molecule has 1 aromatic heterocycles. The summed E-state index contributed by atoms with van der Waals surface area (Å²) >= 11 is 12.8. The third kappa shape index (κ3) is 3.35. The molecule has 3 nitrogen and oxygen atoms in total. The molecule has 98 valence electrons. The zero-order chi connectivity index (χ0) is 14.0. The summed E-state index contributed by atoms with van der Waals surface area (Å²) in [6, 6.07) is 5.43. The summed E-state index contributed by atoms with van der Waals surface area (Å²) in [5, 5.41) is 3.14. The number of amides is 1. The highest BCUT2D eigenvalue weighted by Gasteiger charge is 2.14. The van der Waals surface area contributed by atoms with E-state index in [-0.39, 0.29) is 5.91 Å². The number of carbonyl (C=O) groups is 1. The maximum Gasteiger partial charge on any atom is 0.257 e. The Bertz CT molecular complexity index is 623. The molecule has 0 unspecified atom stereocenters. The Kier molecular flexibility index (Phi) is 4.60. The normalized spacial score (nSPS) is 10.3. The molecule has 1 heterocycles. The van der Waals surface area contributed by atoms with Crippen molar-refractivity contribution >= 4 is 55.1 Å². The molecule has 1 N–H and O–H groups in total.